The molecule has 0 aromatic rings. The molecule has 4 fully saturated rings. The number of fused-ring (bicyclic) bond motifs is 1. The van der Waals surface area contributed by atoms with E-state index >= 15 is 0 Å². The molecule has 106 valence electrons. The molecule has 1 heterocycles. The highest BCUT2D eigenvalue weighted by Gasteiger charge is 2.81. The highest BCUT2D eigenvalue weighted by molar-refractivity contribution is 5.66. The fourth-order valence-electron chi connectivity index (χ4n) is 6.34. The van der Waals surface area contributed by atoms with Gasteiger partial charge < -0.3 is 9.47 Å². The largest absolute Gasteiger partial charge is 0.460 e. The number of esters is 1. The average molecular weight is 264 g/mol. The van der Waals surface area contributed by atoms with Crippen LogP contribution >= 0.6 is 0 Å². The van der Waals surface area contributed by atoms with Gasteiger partial charge in [-0.1, -0.05) is 13.3 Å². The van der Waals surface area contributed by atoms with Crippen LogP contribution in [0.15, 0.2) is 0 Å². The molecule has 0 aromatic carbocycles. The van der Waals surface area contributed by atoms with Crippen LogP contribution in [0, 0.1) is 16.7 Å². The summed E-state index contributed by atoms with van der Waals surface area (Å²) in [6.45, 7) is 6.21. The first-order valence-corrected chi connectivity index (χ1v) is 7.80. The van der Waals surface area contributed by atoms with Crippen LogP contribution in [0.25, 0.3) is 0 Å². The standard InChI is InChI=1S/C16H24O3/c1-10-5-8-16-7-4-6-15(10,16)9-12(18-11(2)17)13-14(16,3)19-13/h10,12-13H,4-9H2,1-3H3/t10?,12-,13+,14+,15-,16-/m0/s1. The maximum absolute atomic E-state index is 11.4. The lowest BCUT2D eigenvalue weighted by Crippen LogP contribution is -2.54. The van der Waals surface area contributed by atoms with E-state index in [1.54, 1.807) is 0 Å². The summed E-state index contributed by atoms with van der Waals surface area (Å²) in [6.07, 6.45) is 7.76. The number of hydrogen-bond donors (Lipinski definition) is 0. The van der Waals surface area contributed by atoms with Crippen molar-refractivity contribution in [2.45, 2.75) is 77.1 Å². The average Bonchev–Trinajstić information content (AvgIpc) is 2.77. The lowest BCUT2D eigenvalue weighted by Gasteiger charge is -2.51. The molecule has 3 aliphatic carbocycles. The van der Waals surface area contributed by atoms with Crippen LogP contribution in [0.3, 0.4) is 0 Å². The Hall–Kier alpha value is -0.570. The van der Waals surface area contributed by atoms with Crippen LogP contribution in [-0.4, -0.2) is 23.8 Å². The summed E-state index contributed by atoms with van der Waals surface area (Å²) < 4.78 is 11.8. The van der Waals surface area contributed by atoms with Crippen LogP contribution in [-0.2, 0) is 14.3 Å². The second-order valence-electron chi connectivity index (χ2n) is 7.53. The topological polar surface area (TPSA) is 38.8 Å². The minimum absolute atomic E-state index is 0.00530. The summed E-state index contributed by atoms with van der Waals surface area (Å²) in [5, 5.41) is 0. The molecule has 3 heteroatoms. The molecule has 0 bridgehead atoms. The molecule has 19 heavy (non-hydrogen) atoms. The molecule has 1 saturated heterocycles. The van der Waals surface area contributed by atoms with E-state index in [1.165, 1.54) is 39.0 Å². The molecule has 4 rings (SSSR count). The molecule has 0 aromatic heterocycles. The zero-order valence-electron chi connectivity index (χ0n) is 12.2. The third-order valence-corrected chi connectivity index (χ3v) is 7.16. The SMILES string of the molecule is CC(=O)O[C@H]1C[C@]23CCC[C@]2(CCC3C)[C@]2(C)O[C@H]12. The molecular formula is C16H24O3. The van der Waals surface area contributed by atoms with Crippen LogP contribution in [0.4, 0.5) is 0 Å². The molecule has 1 aliphatic heterocycles. The van der Waals surface area contributed by atoms with Crippen molar-refractivity contribution in [3.8, 4) is 0 Å². The Balaban J connectivity index is 1.76. The van der Waals surface area contributed by atoms with Crippen molar-refractivity contribution in [2.24, 2.45) is 16.7 Å². The Kier molecular flexibility index (Phi) is 2.16. The van der Waals surface area contributed by atoms with Gasteiger partial charge >= 0.3 is 5.97 Å². The monoisotopic (exact) mass is 264 g/mol. The smallest absolute Gasteiger partial charge is 0.302 e. The van der Waals surface area contributed by atoms with Gasteiger partial charge in [0.2, 0.25) is 0 Å². The Morgan fingerprint density at radius 1 is 1.32 bits per heavy atom. The van der Waals surface area contributed by atoms with E-state index in [9.17, 15) is 4.79 Å². The van der Waals surface area contributed by atoms with E-state index in [2.05, 4.69) is 13.8 Å². The lowest BCUT2D eigenvalue weighted by atomic mass is 9.52. The third kappa shape index (κ3) is 1.17. The maximum atomic E-state index is 11.4. The second-order valence-corrected chi connectivity index (χ2v) is 7.53. The van der Waals surface area contributed by atoms with Crippen LogP contribution in [0.1, 0.15) is 59.3 Å². The first-order chi connectivity index (χ1) is 8.95. The van der Waals surface area contributed by atoms with Gasteiger partial charge in [-0.15, -0.1) is 0 Å². The molecule has 0 spiro atoms. The van der Waals surface area contributed by atoms with Crippen molar-refractivity contribution in [1.29, 1.82) is 0 Å². The predicted octanol–water partition coefficient (Wildman–Crippen LogP) is 3.07. The normalized spacial score (nSPS) is 58.2. The van der Waals surface area contributed by atoms with E-state index in [0.29, 0.717) is 10.8 Å². The van der Waals surface area contributed by atoms with Crippen LogP contribution < -0.4 is 0 Å². The van der Waals surface area contributed by atoms with E-state index in [-0.39, 0.29) is 23.8 Å². The van der Waals surface area contributed by atoms with Gasteiger partial charge in [-0.2, -0.15) is 0 Å². The van der Waals surface area contributed by atoms with E-state index in [1.807, 2.05) is 0 Å². The molecule has 0 radical (unpaired) electrons. The van der Waals surface area contributed by atoms with Gasteiger partial charge in [0.25, 0.3) is 0 Å². The van der Waals surface area contributed by atoms with Crippen molar-refractivity contribution in [3.63, 3.8) is 0 Å². The third-order valence-electron chi connectivity index (χ3n) is 7.16. The zero-order valence-corrected chi connectivity index (χ0v) is 12.2. The number of hydrogen-bond acceptors (Lipinski definition) is 3. The molecule has 1 unspecified atom stereocenters. The first-order valence-electron chi connectivity index (χ1n) is 7.80. The van der Waals surface area contributed by atoms with E-state index in [0.717, 1.165) is 12.3 Å². The summed E-state index contributed by atoms with van der Waals surface area (Å²) in [6, 6.07) is 0. The maximum Gasteiger partial charge on any atom is 0.302 e. The van der Waals surface area contributed by atoms with E-state index in [4.69, 9.17) is 9.47 Å². The first kappa shape index (κ1) is 12.2. The van der Waals surface area contributed by atoms with Crippen LogP contribution in [0.5, 0.6) is 0 Å². The Labute approximate surface area is 115 Å². The lowest BCUT2D eigenvalue weighted by molar-refractivity contribution is -0.153. The number of carbonyl (C=O) groups is 1. The molecule has 0 N–H and O–H groups in total. The van der Waals surface area contributed by atoms with Gasteiger partial charge in [0.05, 0.1) is 0 Å². The quantitative estimate of drug-likeness (QED) is 0.539. The molecule has 3 nitrogen and oxygen atoms in total. The Morgan fingerprint density at radius 3 is 2.84 bits per heavy atom. The number of ether oxygens (including phenoxy) is 2. The number of carbonyl (C=O) groups excluding carboxylic acids is 1. The molecule has 0 amide bonds. The summed E-state index contributed by atoms with van der Waals surface area (Å²) in [4.78, 5) is 11.4. The molecule has 4 aliphatic rings. The highest BCUT2D eigenvalue weighted by Crippen LogP contribution is 2.79. The number of epoxide rings is 1. The van der Waals surface area contributed by atoms with Crippen molar-refractivity contribution in [3.05, 3.63) is 0 Å². The molecule has 3 saturated carbocycles. The van der Waals surface area contributed by atoms with Gasteiger partial charge in [-0.3, -0.25) is 4.79 Å². The van der Waals surface area contributed by atoms with Crippen molar-refractivity contribution < 1.29 is 14.3 Å². The summed E-state index contributed by atoms with van der Waals surface area (Å²) in [7, 11) is 0. The van der Waals surface area contributed by atoms with Crippen molar-refractivity contribution >= 4 is 5.97 Å². The minimum atomic E-state index is -0.157. The summed E-state index contributed by atoms with van der Waals surface area (Å²) in [5.74, 6) is 0.588. The highest BCUT2D eigenvalue weighted by atomic mass is 16.6. The van der Waals surface area contributed by atoms with Crippen molar-refractivity contribution in [1.82, 2.24) is 0 Å². The summed E-state index contributed by atoms with van der Waals surface area (Å²) in [5.41, 5.74) is 0.724. The zero-order chi connectivity index (χ0) is 13.5. The fraction of sp³-hybridized carbons (Fsp3) is 0.938. The Bertz CT molecular complexity index is 447. The fourth-order valence-corrected chi connectivity index (χ4v) is 6.34. The predicted molar refractivity (Wildman–Crippen MR) is 70.6 cm³/mol. The summed E-state index contributed by atoms with van der Waals surface area (Å²) >= 11 is 0. The van der Waals surface area contributed by atoms with Gasteiger partial charge in [0.15, 0.2) is 0 Å². The Morgan fingerprint density at radius 2 is 2.11 bits per heavy atom. The van der Waals surface area contributed by atoms with Crippen LogP contribution in [0.2, 0.25) is 0 Å². The van der Waals surface area contributed by atoms with Gasteiger partial charge in [-0.25, -0.2) is 0 Å². The van der Waals surface area contributed by atoms with Gasteiger partial charge in [0.1, 0.15) is 17.8 Å². The van der Waals surface area contributed by atoms with Gasteiger partial charge in [0, 0.05) is 12.3 Å². The van der Waals surface area contributed by atoms with Gasteiger partial charge in [-0.05, 0) is 50.4 Å². The molecule has 6 atom stereocenters. The molecular weight excluding hydrogens is 240 g/mol. The minimum Gasteiger partial charge on any atom is -0.460 e. The second kappa shape index (κ2) is 3.36. The van der Waals surface area contributed by atoms with Crippen molar-refractivity contribution in [2.75, 3.05) is 0 Å². The number of rotatable bonds is 1. The van der Waals surface area contributed by atoms with E-state index < -0.39 is 0 Å².